The lowest BCUT2D eigenvalue weighted by molar-refractivity contribution is 0.203. The van der Waals surface area contributed by atoms with Crippen LogP contribution in [0.25, 0.3) is 0 Å². The van der Waals surface area contributed by atoms with Crippen molar-refractivity contribution in [1.82, 2.24) is 9.88 Å². The molecule has 102 valence electrons. The van der Waals surface area contributed by atoms with E-state index in [0.717, 1.165) is 36.1 Å². The highest BCUT2D eigenvalue weighted by molar-refractivity contribution is 7.15. The second-order valence-electron chi connectivity index (χ2n) is 5.09. The van der Waals surface area contributed by atoms with E-state index in [1.165, 1.54) is 6.42 Å². The first-order valence-corrected chi connectivity index (χ1v) is 7.52. The third-order valence-electron chi connectivity index (χ3n) is 3.54. The lowest BCUT2D eigenvalue weighted by Gasteiger charge is -2.29. The van der Waals surface area contributed by atoms with Gasteiger partial charge in [-0.15, -0.1) is 0 Å². The summed E-state index contributed by atoms with van der Waals surface area (Å²) in [5.41, 5.74) is 0. The third-order valence-corrected chi connectivity index (χ3v) is 4.75. The molecule has 0 spiro atoms. The SMILES string of the molecule is CCC1CN(C)CCCN1c1ncc(C(C)O)s1. The molecule has 2 unspecified atom stereocenters. The highest BCUT2D eigenvalue weighted by Crippen LogP contribution is 2.29. The van der Waals surface area contributed by atoms with Crippen molar-refractivity contribution in [3.05, 3.63) is 11.1 Å². The van der Waals surface area contributed by atoms with Crippen LogP contribution < -0.4 is 4.90 Å². The molecule has 2 atom stereocenters. The van der Waals surface area contributed by atoms with Crippen molar-refractivity contribution in [2.24, 2.45) is 0 Å². The summed E-state index contributed by atoms with van der Waals surface area (Å²) < 4.78 is 0. The van der Waals surface area contributed by atoms with Gasteiger partial charge in [0.1, 0.15) is 0 Å². The first kappa shape index (κ1) is 13.8. The quantitative estimate of drug-likeness (QED) is 0.912. The molecular formula is C13H23N3OS. The molecule has 4 nitrogen and oxygen atoms in total. The van der Waals surface area contributed by atoms with Crippen molar-refractivity contribution >= 4 is 16.5 Å². The summed E-state index contributed by atoms with van der Waals surface area (Å²) in [4.78, 5) is 10.3. The molecule has 0 aromatic carbocycles. The fourth-order valence-corrected chi connectivity index (χ4v) is 3.40. The number of aromatic nitrogens is 1. The van der Waals surface area contributed by atoms with Crippen LogP contribution in [0.4, 0.5) is 5.13 Å². The van der Waals surface area contributed by atoms with Crippen LogP contribution in [0.3, 0.4) is 0 Å². The van der Waals surface area contributed by atoms with E-state index in [2.05, 4.69) is 28.8 Å². The van der Waals surface area contributed by atoms with Crippen LogP contribution >= 0.6 is 11.3 Å². The van der Waals surface area contributed by atoms with Gasteiger partial charge in [-0.25, -0.2) is 4.98 Å². The molecule has 1 aromatic heterocycles. The van der Waals surface area contributed by atoms with Gasteiger partial charge in [0, 0.05) is 25.3 Å². The Hall–Kier alpha value is -0.650. The average Bonchev–Trinajstić information content (AvgIpc) is 2.74. The molecule has 18 heavy (non-hydrogen) atoms. The maximum absolute atomic E-state index is 9.60. The summed E-state index contributed by atoms with van der Waals surface area (Å²) in [5, 5.41) is 10.7. The molecular weight excluding hydrogens is 246 g/mol. The van der Waals surface area contributed by atoms with Gasteiger partial charge in [-0.3, -0.25) is 0 Å². The van der Waals surface area contributed by atoms with E-state index in [1.54, 1.807) is 18.3 Å². The Morgan fingerprint density at radius 3 is 2.94 bits per heavy atom. The first-order valence-electron chi connectivity index (χ1n) is 6.70. The van der Waals surface area contributed by atoms with Crippen LogP contribution in [0.5, 0.6) is 0 Å². The molecule has 0 aliphatic carbocycles. The number of hydrogen-bond donors (Lipinski definition) is 1. The van der Waals surface area contributed by atoms with Gasteiger partial charge in [0.25, 0.3) is 0 Å². The maximum atomic E-state index is 9.60. The van der Waals surface area contributed by atoms with Crippen molar-refractivity contribution in [2.75, 3.05) is 31.6 Å². The Labute approximate surface area is 113 Å². The minimum absolute atomic E-state index is 0.411. The van der Waals surface area contributed by atoms with Crippen molar-refractivity contribution in [1.29, 1.82) is 0 Å². The Balaban J connectivity index is 2.17. The Morgan fingerprint density at radius 2 is 2.33 bits per heavy atom. The highest BCUT2D eigenvalue weighted by Gasteiger charge is 2.24. The van der Waals surface area contributed by atoms with Crippen molar-refractivity contribution in [3.63, 3.8) is 0 Å². The van der Waals surface area contributed by atoms with Crippen molar-refractivity contribution in [3.8, 4) is 0 Å². The fraction of sp³-hybridized carbons (Fsp3) is 0.769. The van der Waals surface area contributed by atoms with E-state index < -0.39 is 6.10 Å². The number of nitrogens with zero attached hydrogens (tertiary/aromatic N) is 3. The Kier molecular flexibility index (Phi) is 4.59. The number of likely N-dealkylation sites (N-methyl/N-ethyl adjacent to an activating group) is 1. The van der Waals surface area contributed by atoms with E-state index in [9.17, 15) is 5.11 Å². The standard InChI is InChI=1S/C13H23N3OS/c1-4-11-9-15(3)6-5-7-16(11)13-14-8-12(18-13)10(2)17/h8,10-11,17H,4-7,9H2,1-3H3. The second kappa shape index (κ2) is 5.99. The Bertz CT molecular complexity index is 380. The van der Waals surface area contributed by atoms with Gasteiger partial charge < -0.3 is 14.9 Å². The van der Waals surface area contributed by atoms with E-state index >= 15 is 0 Å². The molecule has 1 aliphatic heterocycles. The van der Waals surface area contributed by atoms with Gasteiger partial charge in [-0.05, 0) is 33.4 Å². The number of hydrogen-bond acceptors (Lipinski definition) is 5. The molecule has 5 heteroatoms. The largest absolute Gasteiger partial charge is 0.388 e. The summed E-state index contributed by atoms with van der Waals surface area (Å²) in [6, 6.07) is 0.533. The van der Waals surface area contributed by atoms with Crippen LogP contribution in [0.2, 0.25) is 0 Å². The van der Waals surface area contributed by atoms with Gasteiger partial charge >= 0.3 is 0 Å². The second-order valence-corrected chi connectivity index (χ2v) is 6.13. The molecule has 1 fully saturated rings. The minimum atomic E-state index is -0.411. The summed E-state index contributed by atoms with van der Waals surface area (Å²) in [6.07, 6.45) is 3.71. The lowest BCUT2D eigenvalue weighted by Crippen LogP contribution is -2.39. The van der Waals surface area contributed by atoms with Gasteiger partial charge in [0.2, 0.25) is 0 Å². The summed E-state index contributed by atoms with van der Waals surface area (Å²) in [6.45, 7) is 7.35. The first-order chi connectivity index (χ1) is 8.61. The maximum Gasteiger partial charge on any atom is 0.185 e. The minimum Gasteiger partial charge on any atom is -0.388 e. The molecule has 2 rings (SSSR count). The Morgan fingerprint density at radius 1 is 1.56 bits per heavy atom. The molecule has 0 saturated carbocycles. The molecule has 0 amide bonds. The normalized spacial score (nSPS) is 24.0. The molecule has 0 radical (unpaired) electrons. The smallest absolute Gasteiger partial charge is 0.185 e. The zero-order valence-corrected chi connectivity index (χ0v) is 12.3. The topological polar surface area (TPSA) is 39.6 Å². The van der Waals surface area contributed by atoms with Crippen molar-refractivity contribution < 1.29 is 5.11 Å². The molecule has 1 saturated heterocycles. The highest BCUT2D eigenvalue weighted by atomic mass is 32.1. The van der Waals surface area contributed by atoms with Crippen LogP contribution in [0.1, 0.15) is 37.7 Å². The monoisotopic (exact) mass is 269 g/mol. The summed E-state index contributed by atoms with van der Waals surface area (Å²) in [5.74, 6) is 0. The summed E-state index contributed by atoms with van der Waals surface area (Å²) >= 11 is 1.62. The number of rotatable bonds is 3. The van der Waals surface area contributed by atoms with Gasteiger partial charge in [-0.2, -0.15) is 0 Å². The van der Waals surface area contributed by atoms with Crippen LogP contribution in [0.15, 0.2) is 6.20 Å². The molecule has 2 heterocycles. The molecule has 0 bridgehead atoms. The fourth-order valence-electron chi connectivity index (χ4n) is 2.45. The predicted octanol–water partition coefficient (Wildman–Crippen LogP) is 2.12. The van der Waals surface area contributed by atoms with Gasteiger partial charge in [0.05, 0.1) is 11.0 Å². The predicted molar refractivity (Wildman–Crippen MR) is 76.3 cm³/mol. The summed E-state index contributed by atoms with van der Waals surface area (Å²) in [7, 11) is 2.19. The number of anilines is 1. The number of thiazole rings is 1. The lowest BCUT2D eigenvalue weighted by atomic mass is 10.2. The zero-order valence-electron chi connectivity index (χ0n) is 11.5. The van der Waals surface area contributed by atoms with Gasteiger partial charge in [-0.1, -0.05) is 18.3 Å². The molecule has 1 aromatic rings. The van der Waals surface area contributed by atoms with Crippen LogP contribution in [0, 0.1) is 0 Å². The molecule has 1 aliphatic rings. The van der Waals surface area contributed by atoms with Crippen LogP contribution in [-0.2, 0) is 0 Å². The van der Waals surface area contributed by atoms with Crippen LogP contribution in [-0.4, -0.2) is 47.7 Å². The van der Waals surface area contributed by atoms with Gasteiger partial charge in [0.15, 0.2) is 5.13 Å². The zero-order chi connectivity index (χ0) is 13.1. The number of aliphatic hydroxyl groups is 1. The van der Waals surface area contributed by atoms with E-state index in [4.69, 9.17) is 0 Å². The molecule has 1 N–H and O–H groups in total. The third kappa shape index (κ3) is 3.02. The van der Waals surface area contributed by atoms with Crippen molar-refractivity contribution in [2.45, 2.75) is 38.8 Å². The van der Waals surface area contributed by atoms with E-state index in [0.29, 0.717) is 6.04 Å². The average molecular weight is 269 g/mol. The van der Waals surface area contributed by atoms with E-state index in [1.807, 2.05) is 6.20 Å². The van der Waals surface area contributed by atoms with E-state index in [-0.39, 0.29) is 0 Å². The number of aliphatic hydroxyl groups excluding tert-OH is 1.